The molecular weight excluding hydrogens is 338 g/mol. The Morgan fingerprint density at radius 2 is 2.25 bits per heavy atom. The highest BCUT2D eigenvalue weighted by atomic mass is 79.9. The molecule has 2 rings (SSSR count). The Labute approximate surface area is 131 Å². The van der Waals surface area contributed by atoms with E-state index in [1.165, 1.54) is 0 Å². The lowest BCUT2D eigenvalue weighted by molar-refractivity contribution is 0.190. The van der Waals surface area contributed by atoms with Crippen LogP contribution in [0, 0.1) is 0 Å². The van der Waals surface area contributed by atoms with Gasteiger partial charge in [-0.2, -0.15) is 0 Å². The highest BCUT2D eigenvalue weighted by Crippen LogP contribution is 2.29. The summed E-state index contributed by atoms with van der Waals surface area (Å²) in [5.74, 6) is 0.694. The van der Waals surface area contributed by atoms with Gasteiger partial charge < -0.3 is 9.84 Å². The first kappa shape index (κ1) is 15.5. The van der Waals surface area contributed by atoms with Gasteiger partial charge in [0, 0.05) is 15.4 Å². The second-order valence-electron chi connectivity index (χ2n) is 4.63. The lowest BCUT2D eigenvalue weighted by Crippen LogP contribution is -2.01. The van der Waals surface area contributed by atoms with E-state index in [0.29, 0.717) is 12.4 Å². The molecule has 1 N–H and O–H groups in total. The lowest BCUT2D eigenvalue weighted by Gasteiger charge is -2.13. The number of thiazole rings is 1. The van der Waals surface area contributed by atoms with E-state index in [1.54, 1.807) is 18.3 Å². The number of benzene rings is 1. The first-order valence-corrected chi connectivity index (χ1v) is 8.31. The molecule has 0 saturated carbocycles. The number of aliphatic hydroxyl groups excluding tert-OH is 1. The van der Waals surface area contributed by atoms with Gasteiger partial charge in [-0.05, 0) is 31.9 Å². The van der Waals surface area contributed by atoms with Crippen molar-refractivity contribution in [1.29, 1.82) is 0 Å². The van der Waals surface area contributed by atoms with Crippen molar-refractivity contribution >= 4 is 27.3 Å². The van der Waals surface area contributed by atoms with Gasteiger partial charge in [0.1, 0.15) is 12.4 Å². The fourth-order valence-electron chi connectivity index (χ4n) is 1.87. The minimum atomic E-state index is -0.552. The Hall–Kier alpha value is -0.910. The third-order valence-corrected chi connectivity index (χ3v) is 4.32. The molecule has 0 aliphatic heterocycles. The van der Waals surface area contributed by atoms with Crippen molar-refractivity contribution in [3.63, 3.8) is 0 Å². The predicted molar refractivity (Wildman–Crippen MR) is 85.2 cm³/mol. The van der Waals surface area contributed by atoms with Gasteiger partial charge in [-0.25, -0.2) is 4.98 Å². The Kier molecular flexibility index (Phi) is 5.57. The molecule has 0 spiro atoms. The van der Waals surface area contributed by atoms with E-state index in [0.717, 1.165) is 33.6 Å². The summed E-state index contributed by atoms with van der Waals surface area (Å²) in [4.78, 5) is 4.53. The van der Waals surface area contributed by atoms with Crippen LogP contribution in [-0.4, -0.2) is 10.1 Å². The first-order chi connectivity index (χ1) is 9.60. The highest BCUT2D eigenvalue weighted by Gasteiger charge is 2.11. The molecule has 0 saturated heterocycles. The normalized spacial score (nSPS) is 12.4. The Morgan fingerprint density at radius 3 is 2.95 bits per heavy atom. The molecule has 0 fully saturated rings. The maximum Gasteiger partial charge on any atom is 0.131 e. The van der Waals surface area contributed by atoms with Crippen molar-refractivity contribution in [2.24, 2.45) is 0 Å². The van der Waals surface area contributed by atoms with Gasteiger partial charge in [0.05, 0.1) is 16.8 Å². The number of aryl methyl sites for hydroxylation is 1. The molecule has 1 aromatic carbocycles. The number of ether oxygens (including phenoxy) is 1. The summed E-state index contributed by atoms with van der Waals surface area (Å²) in [7, 11) is 0. The molecule has 0 aliphatic rings. The summed E-state index contributed by atoms with van der Waals surface area (Å²) in [5, 5.41) is 12.9. The molecule has 1 aromatic heterocycles. The van der Waals surface area contributed by atoms with Gasteiger partial charge in [-0.15, -0.1) is 11.3 Å². The average Bonchev–Trinajstić information content (AvgIpc) is 2.84. The molecular formula is C15H18BrNO2S. The molecule has 5 heteroatoms. The van der Waals surface area contributed by atoms with E-state index in [4.69, 9.17) is 4.74 Å². The zero-order chi connectivity index (χ0) is 14.5. The van der Waals surface area contributed by atoms with Crippen LogP contribution in [0.2, 0.25) is 0 Å². The zero-order valence-corrected chi connectivity index (χ0v) is 14.0. The molecule has 0 aliphatic carbocycles. The Balaban J connectivity index is 2.07. The minimum absolute atomic E-state index is 0.427. The number of nitrogens with zero attached hydrogens (tertiary/aromatic N) is 1. The number of aliphatic hydroxyl groups is 1. The molecule has 20 heavy (non-hydrogen) atoms. The summed E-state index contributed by atoms with van der Waals surface area (Å²) in [5.41, 5.74) is 1.73. The van der Waals surface area contributed by atoms with Gasteiger partial charge in [0.15, 0.2) is 0 Å². The van der Waals surface area contributed by atoms with Gasteiger partial charge >= 0.3 is 0 Å². The molecule has 0 radical (unpaired) electrons. The summed E-state index contributed by atoms with van der Waals surface area (Å²) >= 11 is 5.09. The van der Waals surface area contributed by atoms with Crippen molar-refractivity contribution in [1.82, 2.24) is 4.98 Å². The van der Waals surface area contributed by atoms with E-state index in [9.17, 15) is 5.11 Å². The topological polar surface area (TPSA) is 42.4 Å². The summed E-state index contributed by atoms with van der Waals surface area (Å²) in [6.07, 6.45) is 1.57. The molecule has 0 unspecified atom stereocenters. The SMILES string of the molecule is CCCc1nc(COc2cc(Br)ccc2[C@@H](C)O)cs1. The maximum absolute atomic E-state index is 9.76. The van der Waals surface area contributed by atoms with Crippen molar-refractivity contribution in [2.45, 2.75) is 39.4 Å². The average molecular weight is 356 g/mol. The molecule has 1 heterocycles. The minimum Gasteiger partial charge on any atom is -0.487 e. The van der Waals surface area contributed by atoms with E-state index in [1.807, 2.05) is 23.6 Å². The van der Waals surface area contributed by atoms with Gasteiger partial charge in [0.2, 0.25) is 0 Å². The van der Waals surface area contributed by atoms with Crippen LogP contribution >= 0.6 is 27.3 Å². The molecule has 3 nitrogen and oxygen atoms in total. The molecule has 1 atom stereocenters. The molecule has 0 bridgehead atoms. The third-order valence-electron chi connectivity index (χ3n) is 2.86. The predicted octanol–water partition coefficient (Wildman–Crippen LogP) is 4.49. The van der Waals surface area contributed by atoms with Crippen LogP contribution in [0.1, 0.15) is 42.6 Å². The highest BCUT2D eigenvalue weighted by molar-refractivity contribution is 9.10. The monoisotopic (exact) mass is 355 g/mol. The first-order valence-electron chi connectivity index (χ1n) is 6.63. The number of hydrogen-bond acceptors (Lipinski definition) is 4. The number of aromatic nitrogens is 1. The van der Waals surface area contributed by atoms with Crippen LogP contribution < -0.4 is 4.74 Å². The molecule has 0 amide bonds. The number of rotatable bonds is 6. The number of hydrogen-bond donors (Lipinski definition) is 1. The quantitative estimate of drug-likeness (QED) is 0.829. The van der Waals surface area contributed by atoms with Crippen molar-refractivity contribution in [3.8, 4) is 5.75 Å². The lowest BCUT2D eigenvalue weighted by atomic mass is 10.1. The van der Waals surface area contributed by atoms with Crippen LogP contribution in [0.5, 0.6) is 5.75 Å². The van der Waals surface area contributed by atoms with E-state index in [2.05, 4.69) is 27.8 Å². The summed E-state index contributed by atoms with van der Waals surface area (Å²) < 4.78 is 6.74. The summed E-state index contributed by atoms with van der Waals surface area (Å²) in [6.45, 7) is 4.31. The Bertz CT molecular complexity index is 569. The maximum atomic E-state index is 9.76. The van der Waals surface area contributed by atoms with Crippen LogP contribution in [-0.2, 0) is 13.0 Å². The number of halogens is 1. The fraction of sp³-hybridized carbons (Fsp3) is 0.400. The van der Waals surface area contributed by atoms with E-state index < -0.39 is 6.10 Å². The van der Waals surface area contributed by atoms with Gasteiger partial charge in [-0.1, -0.05) is 28.9 Å². The fourth-order valence-corrected chi connectivity index (χ4v) is 3.10. The van der Waals surface area contributed by atoms with Gasteiger partial charge in [0.25, 0.3) is 0 Å². The third kappa shape index (κ3) is 4.04. The summed E-state index contributed by atoms with van der Waals surface area (Å²) in [6, 6.07) is 5.64. The smallest absolute Gasteiger partial charge is 0.131 e. The Morgan fingerprint density at radius 1 is 1.45 bits per heavy atom. The van der Waals surface area contributed by atoms with Crippen LogP contribution in [0.3, 0.4) is 0 Å². The molecule has 2 aromatic rings. The van der Waals surface area contributed by atoms with Gasteiger partial charge in [-0.3, -0.25) is 0 Å². The van der Waals surface area contributed by atoms with E-state index >= 15 is 0 Å². The van der Waals surface area contributed by atoms with E-state index in [-0.39, 0.29) is 0 Å². The van der Waals surface area contributed by atoms with Crippen molar-refractivity contribution in [2.75, 3.05) is 0 Å². The van der Waals surface area contributed by atoms with Crippen molar-refractivity contribution < 1.29 is 9.84 Å². The van der Waals surface area contributed by atoms with Crippen LogP contribution in [0.25, 0.3) is 0 Å². The second kappa shape index (κ2) is 7.20. The van der Waals surface area contributed by atoms with Crippen molar-refractivity contribution in [3.05, 3.63) is 44.3 Å². The van der Waals surface area contributed by atoms with Crippen LogP contribution in [0.15, 0.2) is 28.1 Å². The molecule has 108 valence electrons. The second-order valence-corrected chi connectivity index (χ2v) is 6.49. The standard InChI is InChI=1S/C15H18BrNO2S/c1-3-4-15-17-12(9-20-15)8-19-14-7-11(16)5-6-13(14)10(2)18/h5-7,9-10,18H,3-4,8H2,1-2H3/t10-/m1/s1. The largest absolute Gasteiger partial charge is 0.487 e. The van der Waals surface area contributed by atoms with Crippen LogP contribution in [0.4, 0.5) is 0 Å². The zero-order valence-electron chi connectivity index (χ0n) is 11.6.